The average molecular weight is 381 g/mol. The Balaban J connectivity index is 1.31. The number of carbonyl (C=O) groups excluding carboxylic acids is 2. The molecule has 0 radical (unpaired) electrons. The van der Waals surface area contributed by atoms with E-state index in [1.165, 1.54) is 0 Å². The Bertz CT molecular complexity index is 610. The van der Waals surface area contributed by atoms with Crippen molar-refractivity contribution >= 4 is 12.0 Å². The second-order valence-corrected chi connectivity index (χ2v) is 7.96. The quantitative estimate of drug-likeness (QED) is 0.685. The Labute approximate surface area is 159 Å². The number of nitrogens with zero attached hydrogens (tertiary/aromatic N) is 3. The number of cyclic esters (lactones) is 1. The molecule has 2 amide bonds. The van der Waals surface area contributed by atoms with Gasteiger partial charge in [0.25, 0.3) is 0 Å². The lowest BCUT2D eigenvalue weighted by molar-refractivity contribution is -0.125. The first-order chi connectivity index (χ1) is 13.0. The molecular formula is C19H28FN3O4. The Morgan fingerprint density at radius 3 is 2.59 bits per heavy atom. The van der Waals surface area contributed by atoms with E-state index in [4.69, 9.17) is 9.47 Å². The highest BCUT2D eigenvalue weighted by Crippen LogP contribution is 2.32. The van der Waals surface area contributed by atoms with Crippen molar-refractivity contribution < 1.29 is 23.5 Å². The Morgan fingerprint density at radius 1 is 1.15 bits per heavy atom. The van der Waals surface area contributed by atoms with Gasteiger partial charge in [0.05, 0.1) is 26.3 Å². The summed E-state index contributed by atoms with van der Waals surface area (Å²) in [6.07, 6.45) is 0.864. The topological polar surface area (TPSA) is 62.3 Å². The number of morpholine rings is 1. The summed E-state index contributed by atoms with van der Waals surface area (Å²) >= 11 is 0. The molecule has 3 aliphatic heterocycles. The number of carbonyl (C=O) groups is 2. The zero-order chi connectivity index (χ0) is 19.0. The lowest BCUT2D eigenvalue weighted by Crippen LogP contribution is -2.53. The summed E-state index contributed by atoms with van der Waals surface area (Å²) in [6, 6.07) is -0.202. The molecule has 3 heterocycles. The van der Waals surface area contributed by atoms with Crippen LogP contribution in [0.25, 0.3) is 0 Å². The zero-order valence-corrected chi connectivity index (χ0v) is 15.6. The molecule has 0 spiro atoms. The number of halogens is 1. The molecule has 3 unspecified atom stereocenters. The van der Waals surface area contributed by atoms with Crippen LogP contribution in [0.2, 0.25) is 0 Å². The second-order valence-electron chi connectivity index (χ2n) is 7.96. The largest absolute Gasteiger partial charge is 0.442 e. The van der Waals surface area contributed by atoms with E-state index in [1.54, 1.807) is 9.80 Å². The molecule has 4 atom stereocenters. The number of hydrogen-bond donors (Lipinski definition) is 0. The molecule has 0 aromatic heterocycles. The van der Waals surface area contributed by atoms with Gasteiger partial charge >= 0.3 is 6.09 Å². The van der Waals surface area contributed by atoms with Crippen molar-refractivity contribution in [3.05, 3.63) is 12.2 Å². The van der Waals surface area contributed by atoms with Crippen molar-refractivity contribution in [1.29, 1.82) is 0 Å². The molecule has 27 heavy (non-hydrogen) atoms. The molecule has 3 saturated heterocycles. The van der Waals surface area contributed by atoms with E-state index in [-0.39, 0.29) is 30.2 Å². The molecule has 150 valence electrons. The van der Waals surface area contributed by atoms with Crippen molar-refractivity contribution in [3.63, 3.8) is 0 Å². The summed E-state index contributed by atoms with van der Waals surface area (Å²) in [5.41, 5.74) is 0.609. The summed E-state index contributed by atoms with van der Waals surface area (Å²) in [5, 5.41) is 0. The van der Waals surface area contributed by atoms with Crippen molar-refractivity contribution in [1.82, 2.24) is 14.7 Å². The predicted molar refractivity (Wildman–Crippen MR) is 96.0 cm³/mol. The fourth-order valence-corrected chi connectivity index (χ4v) is 4.74. The molecule has 4 fully saturated rings. The van der Waals surface area contributed by atoms with E-state index in [9.17, 15) is 14.0 Å². The molecule has 1 saturated carbocycles. The lowest BCUT2D eigenvalue weighted by atomic mass is 9.87. The highest BCUT2D eigenvalue weighted by Gasteiger charge is 2.43. The third-order valence-electron chi connectivity index (χ3n) is 6.27. The van der Waals surface area contributed by atoms with Gasteiger partial charge in [-0.15, -0.1) is 0 Å². The second kappa shape index (κ2) is 7.75. The van der Waals surface area contributed by atoms with Gasteiger partial charge in [-0.3, -0.25) is 9.69 Å². The van der Waals surface area contributed by atoms with Crippen molar-refractivity contribution in [2.75, 3.05) is 45.9 Å². The van der Waals surface area contributed by atoms with Crippen LogP contribution in [0, 0.1) is 0 Å². The van der Waals surface area contributed by atoms with Crippen LogP contribution < -0.4 is 0 Å². The van der Waals surface area contributed by atoms with Crippen molar-refractivity contribution in [2.24, 2.45) is 0 Å². The average Bonchev–Trinajstić information content (AvgIpc) is 3.19. The highest BCUT2D eigenvalue weighted by atomic mass is 19.1. The number of hydrogen-bond acceptors (Lipinski definition) is 5. The van der Waals surface area contributed by atoms with Crippen LogP contribution >= 0.6 is 0 Å². The lowest BCUT2D eigenvalue weighted by Gasteiger charge is -2.42. The standard InChI is InChI=1S/C19H28FN3O4/c1-13-4-5-22(18(13)24)11-15-12-23(19(25)27-15)14-2-3-17(16(20)10-14)21-6-8-26-9-7-21/h14-17H,1-12H2/t14?,15-,16?,17?/m0/s1. The van der Waals surface area contributed by atoms with E-state index < -0.39 is 6.17 Å². The van der Waals surface area contributed by atoms with E-state index in [0.29, 0.717) is 51.3 Å². The molecule has 4 rings (SSSR count). The van der Waals surface area contributed by atoms with Crippen LogP contribution in [0.3, 0.4) is 0 Å². The fraction of sp³-hybridized carbons (Fsp3) is 0.789. The summed E-state index contributed by atoms with van der Waals surface area (Å²) in [6.45, 7) is 8.07. The van der Waals surface area contributed by atoms with Gasteiger partial charge in [0.1, 0.15) is 12.3 Å². The molecule has 4 aliphatic rings. The van der Waals surface area contributed by atoms with Crippen LogP contribution in [-0.2, 0) is 14.3 Å². The van der Waals surface area contributed by atoms with Crippen LogP contribution in [-0.4, -0.2) is 97.0 Å². The number of likely N-dealkylation sites (tertiary alicyclic amines) is 1. The minimum Gasteiger partial charge on any atom is -0.442 e. The van der Waals surface area contributed by atoms with Gasteiger partial charge in [0.15, 0.2) is 0 Å². The molecule has 1 aliphatic carbocycles. The van der Waals surface area contributed by atoms with E-state index in [0.717, 1.165) is 25.9 Å². The first-order valence-electron chi connectivity index (χ1n) is 9.93. The zero-order valence-electron chi connectivity index (χ0n) is 15.6. The van der Waals surface area contributed by atoms with Crippen molar-refractivity contribution in [3.8, 4) is 0 Å². The molecular weight excluding hydrogens is 353 g/mol. The van der Waals surface area contributed by atoms with Crippen LogP contribution in [0.1, 0.15) is 25.7 Å². The third kappa shape index (κ3) is 3.82. The van der Waals surface area contributed by atoms with Gasteiger partial charge in [-0.05, 0) is 19.3 Å². The van der Waals surface area contributed by atoms with E-state index in [2.05, 4.69) is 11.5 Å². The monoisotopic (exact) mass is 381 g/mol. The van der Waals surface area contributed by atoms with Gasteiger partial charge < -0.3 is 19.3 Å². The van der Waals surface area contributed by atoms with Gasteiger partial charge in [0.2, 0.25) is 5.91 Å². The maximum atomic E-state index is 14.9. The minimum absolute atomic E-state index is 0.0562. The SMILES string of the molecule is C=C1CCN(C[C@H]2CN(C3CCC(N4CCOCC4)C(F)C3)C(=O)O2)C1=O. The minimum atomic E-state index is -0.947. The number of rotatable bonds is 4. The van der Waals surface area contributed by atoms with Crippen LogP contribution in [0.4, 0.5) is 9.18 Å². The maximum Gasteiger partial charge on any atom is 0.410 e. The first kappa shape index (κ1) is 18.7. The predicted octanol–water partition coefficient (Wildman–Crippen LogP) is 1.19. The normalized spacial score (nSPS) is 35.8. The fourth-order valence-electron chi connectivity index (χ4n) is 4.74. The number of ether oxygens (including phenoxy) is 2. The molecule has 7 nitrogen and oxygen atoms in total. The molecule has 0 aromatic carbocycles. The van der Waals surface area contributed by atoms with Gasteiger partial charge in [-0.25, -0.2) is 9.18 Å². The number of amides is 2. The summed E-state index contributed by atoms with van der Waals surface area (Å²) in [5.74, 6) is -0.0562. The highest BCUT2D eigenvalue weighted by molar-refractivity contribution is 5.95. The number of alkyl halides is 1. The molecule has 0 bridgehead atoms. The maximum absolute atomic E-state index is 14.9. The Hall–Kier alpha value is -1.67. The Morgan fingerprint density at radius 2 is 1.93 bits per heavy atom. The van der Waals surface area contributed by atoms with Gasteiger partial charge in [0, 0.05) is 43.7 Å². The molecule has 0 N–H and O–H groups in total. The van der Waals surface area contributed by atoms with E-state index >= 15 is 0 Å². The first-order valence-corrected chi connectivity index (χ1v) is 9.93. The van der Waals surface area contributed by atoms with Crippen LogP contribution in [0.5, 0.6) is 0 Å². The molecule has 0 aromatic rings. The van der Waals surface area contributed by atoms with Gasteiger partial charge in [-0.2, -0.15) is 0 Å². The van der Waals surface area contributed by atoms with E-state index in [1.807, 2.05) is 0 Å². The van der Waals surface area contributed by atoms with Crippen molar-refractivity contribution in [2.45, 2.75) is 50.0 Å². The summed E-state index contributed by atoms with van der Waals surface area (Å²) < 4.78 is 25.7. The third-order valence-corrected chi connectivity index (χ3v) is 6.27. The Kier molecular flexibility index (Phi) is 5.36. The summed E-state index contributed by atoms with van der Waals surface area (Å²) in [7, 11) is 0. The molecule has 8 heteroatoms. The van der Waals surface area contributed by atoms with Gasteiger partial charge in [-0.1, -0.05) is 6.58 Å². The summed E-state index contributed by atoms with van der Waals surface area (Å²) in [4.78, 5) is 29.9. The smallest absolute Gasteiger partial charge is 0.410 e. The van der Waals surface area contributed by atoms with Crippen LogP contribution in [0.15, 0.2) is 12.2 Å².